The molecule has 4 rings (SSSR count). The number of hydrogen-bond donors (Lipinski definition) is 2. The van der Waals surface area contributed by atoms with Crippen LogP contribution in [0.15, 0.2) is 59.8 Å². The van der Waals surface area contributed by atoms with E-state index >= 15 is 0 Å². The molecule has 3 aromatic rings. The number of nitrogens with zero attached hydrogens (tertiary/aromatic N) is 2. The molecule has 0 spiro atoms. The molecule has 2 heterocycles. The van der Waals surface area contributed by atoms with Gasteiger partial charge in [0.1, 0.15) is 0 Å². The molecule has 7 nitrogen and oxygen atoms in total. The number of carbonyl (C=O) groups excluding carboxylic acids is 1. The number of hydrogen-bond acceptors (Lipinski definition) is 4. The van der Waals surface area contributed by atoms with Gasteiger partial charge >= 0.3 is 0 Å². The quantitative estimate of drug-likeness (QED) is 0.548. The van der Waals surface area contributed by atoms with E-state index in [-0.39, 0.29) is 11.8 Å². The molecule has 0 aliphatic carbocycles. The lowest BCUT2D eigenvalue weighted by molar-refractivity contribution is -0.120. The Kier molecular flexibility index (Phi) is 6.32. The topological polar surface area (TPSA) is 87.2 Å². The number of benzene rings is 2. The highest BCUT2D eigenvalue weighted by Gasteiger charge is 2.32. The molecule has 0 bridgehead atoms. The summed E-state index contributed by atoms with van der Waals surface area (Å²) < 4.78 is 30.0. The number of aromatic nitrogens is 2. The number of nitrogens with one attached hydrogen (secondary N) is 2. The smallest absolute Gasteiger partial charge is 0.243 e. The molecule has 2 aromatic carbocycles. The maximum absolute atomic E-state index is 13.1. The molecule has 0 saturated carbocycles. The lowest BCUT2D eigenvalue weighted by atomic mass is 9.97. The number of anilines is 1. The number of carbonyl (C=O) groups is 1. The second-order valence-corrected chi connectivity index (χ2v) is 10.4. The van der Waals surface area contributed by atoms with Gasteiger partial charge in [-0.25, -0.2) is 8.42 Å². The normalized spacial score (nSPS) is 15.6. The summed E-state index contributed by atoms with van der Waals surface area (Å²) in [6, 6.07) is 12.8. The lowest BCUT2D eigenvalue weighted by Gasteiger charge is -2.31. The minimum Gasteiger partial charge on any atom is -0.337 e. The zero-order valence-electron chi connectivity index (χ0n) is 18.0. The van der Waals surface area contributed by atoms with E-state index < -0.39 is 10.0 Å². The van der Waals surface area contributed by atoms with Gasteiger partial charge in [-0.1, -0.05) is 23.8 Å². The van der Waals surface area contributed by atoms with Crippen molar-refractivity contribution in [1.82, 2.24) is 13.9 Å². The SMILES string of the molecule is Cc1ccc(S(=O)(=O)N2CCC(C(=O)Nc3cccc(-n4cc[nH]c4=S)c3)CC2)c(C)c1. The van der Waals surface area contributed by atoms with Gasteiger partial charge in [-0.3, -0.25) is 9.36 Å². The number of rotatable bonds is 5. The van der Waals surface area contributed by atoms with Gasteiger partial charge in [0.25, 0.3) is 0 Å². The van der Waals surface area contributed by atoms with Crippen LogP contribution in [0.5, 0.6) is 0 Å². The van der Waals surface area contributed by atoms with Gasteiger partial charge in [-0.2, -0.15) is 4.31 Å². The van der Waals surface area contributed by atoms with Crippen LogP contribution in [0, 0.1) is 24.5 Å². The molecule has 0 radical (unpaired) electrons. The van der Waals surface area contributed by atoms with Crippen LogP contribution >= 0.6 is 12.2 Å². The molecule has 0 unspecified atom stereocenters. The summed E-state index contributed by atoms with van der Waals surface area (Å²) in [6.45, 7) is 4.41. The van der Waals surface area contributed by atoms with Crippen molar-refractivity contribution in [3.63, 3.8) is 0 Å². The number of piperidine rings is 1. The van der Waals surface area contributed by atoms with Crippen molar-refractivity contribution in [2.75, 3.05) is 18.4 Å². The second kappa shape index (κ2) is 9.01. The molecule has 1 aliphatic heterocycles. The number of aryl methyl sites for hydroxylation is 2. The van der Waals surface area contributed by atoms with Gasteiger partial charge < -0.3 is 10.3 Å². The average molecular weight is 471 g/mol. The van der Waals surface area contributed by atoms with Crippen molar-refractivity contribution in [3.8, 4) is 5.69 Å². The minimum atomic E-state index is -3.57. The predicted octanol–water partition coefficient (Wildman–Crippen LogP) is 4.19. The number of amides is 1. The highest BCUT2D eigenvalue weighted by Crippen LogP contribution is 2.27. The van der Waals surface area contributed by atoms with Crippen LogP contribution in [0.1, 0.15) is 24.0 Å². The lowest BCUT2D eigenvalue weighted by Crippen LogP contribution is -2.41. The molecule has 168 valence electrons. The molecule has 1 aliphatic rings. The van der Waals surface area contributed by atoms with Crippen molar-refractivity contribution in [2.45, 2.75) is 31.6 Å². The van der Waals surface area contributed by atoms with E-state index in [2.05, 4.69) is 10.3 Å². The highest BCUT2D eigenvalue weighted by molar-refractivity contribution is 7.89. The van der Waals surface area contributed by atoms with Crippen LogP contribution in [0.25, 0.3) is 5.69 Å². The Morgan fingerprint density at radius 1 is 1.12 bits per heavy atom. The van der Waals surface area contributed by atoms with Crippen LogP contribution < -0.4 is 5.32 Å². The van der Waals surface area contributed by atoms with Crippen molar-refractivity contribution < 1.29 is 13.2 Å². The summed E-state index contributed by atoms with van der Waals surface area (Å²) in [7, 11) is -3.57. The van der Waals surface area contributed by atoms with Gasteiger partial charge in [-0.05, 0) is 68.7 Å². The maximum atomic E-state index is 13.1. The van der Waals surface area contributed by atoms with Crippen LogP contribution in [0.2, 0.25) is 0 Å². The van der Waals surface area contributed by atoms with E-state index in [1.165, 1.54) is 4.31 Å². The monoisotopic (exact) mass is 470 g/mol. The minimum absolute atomic E-state index is 0.0941. The van der Waals surface area contributed by atoms with Crippen molar-refractivity contribution in [1.29, 1.82) is 0 Å². The van der Waals surface area contributed by atoms with Crippen LogP contribution in [0.4, 0.5) is 5.69 Å². The van der Waals surface area contributed by atoms with E-state index in [0.717, 1.165) is 16.8 Å². The molecule has 0 atom stereocenters. The summed E-state index contributed by atoms with van der Waals surface area (Å²) >= 11 is 5.26. The molecular weight excluding hydrogens is 444 g/mol. The third-order valence-corrected chi connectivity index (χ3v) is 8.19. The second-order valence-electron chi connectivity index (χ2n) is 8.12. The summed E-state index contributed by atoms with van der Waals surface area (Å²) in [5.41, 5.74) is 3.30. The Morgan fingerprint density at radius 3 is 2.53 bits per heavy atom. The first kappa shape index (κ1) is 22.4. The van der Waals surface area contributed by atoms with Gasteiger partial charge in [0.05, 0.1) is 4.90 Å². The Hall–Kier alpha value is -2.75. The van der Waals surface area contributed by atoms with Crippen molar-refractivity contribution in [3.05, 3.63) is 70.8 Å². The van der Waals surface area contributed by atoms with Crippen LogP contribution in [-0.4, -0.2) is 41.3 Å². The van der Waals surface area contributed by atoms with E-state index in [1.807, 2.05) is 61.0 Å². The number of imidazole rings is 1. The Bertz CT molecular complexity index is 1300. The fourth-order valence-corrected chi connectivity index (χ4v) is 6.00. The molecule has 1 amide bonds. The van der Waals surface area contributed by atoms with Crippen molar-refractivity contribution in [2.24, 2.45) is 5.92 Å². The van der Waals surface area contributed by atoms with Crippen LogP contribution in [-0.2, 0) is 14.8 Å². The Balaban J connectivity index is 1.41. The molecule has 2 N–H and O–H groups in total. The summed E-state index contributed by atoms with van der Waals surface area (Å²) in [4.78, 5) is 16.1. The Labute approximate surface area is 193 Å². The van der Waals surface area contributed by atoms with E-state index in [0.29, 0.717) is 41.3 Å². The zero-order valence-corrected chi connectivity index (χ0v) is 19.7. The summed E-state index contributed by atoms with van der Waals surface area (Å²) in [5.74, 6) is -0.331. The van der Waals surface area contributed by atoms with E-state index in [4.69, 9.17) is 12.2 Å². The molecule has 1 aromatic heterocycles. The fourth-order valence-electron chi connectivity index (χ4n) is 4.09. The third-order valence-electron chi connectivity index (χ3n) is 5.81. The van der Waals surface area contributed by atoms with Gasteiger partial charge in [0.2, 0.25) is 15.9 Å². The highest BCUT2D eigenvalue weighted by atomic mass is 32.2. The van der Waals surface area contributed by atoms with Crippen LogP contribution in [0.3, 0.4) is 0 Å². The molecule has 1 saturated heterocycles. The Morgan fingerprint density at radius 2 is 1.88 bits per heavy atom. The summed E-state index contributed by atoms with van der Waals surface area (Å²) in [5, 5.41) is 2.97. The average Bonchev–Trinajstić information content (AvgIpc) is 3.19. The standard InChI is InChI=1S/C23H26N4O3S2/c1-16-6-7-21(17(2)14-16)32(29,30)26-11-8-18(9-12-26)22(28)25-19-4-3-5-20(15-19)27-13-10-24-23(27)31/h3-7,10,13-15,18H,8-9,11-12H2,1-2H3,(H,24,31)(H,25,28). The number of H-pyrrole nitrogens is 1. The van der Waals surface area contributed by atoms with Gasteiger partial charge in [0.15, 0.2) is 4.77 Å². The van der Waals surface area contributed by atoms with Gasteiger partial charge in [-0.15, -0.1) is 0 Å². The first-order chi connectivity index (χ1) is 15.3. The van der Waals surface area contributed by atoms with E-state index in [1.54, 1.807) is 12.3 Å². The summed E-state index contributed by atoms with van der Waals surface area (Å²) in [6.07, 6.45) is 4.56. The molecule has 32 heavy (non-hydrogen) atoms. The molecular formula is C23H26N4O3S2. The van der Waals surface area contributed by atoms with Crippen molar-refractivity contribution >= 4 is 33.8 Å². The maximum Gasteiger partial charge on any atom is 0.243 e. The predicted molar refractivity (Wildman–Crippen MR) is 127 cm³/mol. The third kappa shape index (κ3) is 4.55. The van der Waals surface area contributed by atoms with E-state index in [9.17, 15) is 13.2 Å². The first-order valence-electron chi connectivity index (χ1n) is 10.5. The number of sulfonamides is 1. The molecule has 9 heteroatoms. The zero-order chi connectivity index (χ0) is 22.9. The van der Waals surface area contributed by atoms with Gasteiger partial charge in [0, 0.05) is 42.8 Å². The first-order valence-corrected chi connectivity index (χ1v) is 12.4. The fraction of sp³-hybridized carbons (Fsp3) is 0.304. The molecule has 1 fully saturated rings. The largest absolute Gasteiger partial charge is 0.337 e. The number of aromatic amines is 1.